The van der Waals surface area contributed by atoms with E-state index in [1.807, 2.05) is 0 Å². The van der Waals surface area contributed by atoms with Crippen LogP contribution < -0.4 is 4.90 Å². The third kappa shape index (κ3) is 1.70. The Morgan fingerprint density at radius 2 is 1.61 bits per heavy atom. The average Bonchev–Trinajstić information content (AvgIpc) is 2.64. The van der Waals surface area contributed by atoms with Gasteiger partial charge in [-0.05, 0) is 25.6 Å². The van der Waals surface area contributed by atoms with Gasteiger partial charge in [-0.1, -0.05) is 18.2 Å². The second-order valence-electron chi connectivity index (χ2n) is 5.32. The Balaban J connectivity index is 2.06. The highest BCUT2D eigenvalue weighted by molar-refractivity contribution is 5.89. The minimum absolute atomic E-state index is 1.13. The van der Waals surface area contributed by atoms with Crippen molar-refractivity contribution in [3.05, 3.63) is 29.8 Å². The first-order valence-electron chi connectivity index (χ1n) is 6.66. The van der Waals surface area contributed by atoms with Gasteiger partial charge in [-0.15, -0.1) is 0 Å². The zero-order chi connectivity index (χ0) is 12.7. The molecule has 1 aromatic heterocycles. The van der Waals surface area contributed by atoms with E-state index in [-0.39, 0.29) is 0 Å². The number of likely N-dealkylation sites (N-methyl/N-ethyl adjacent to an activating group) is 1. The van der Waals surface area contributed by atoms with Gasteiger partial charge < -0.3 is 14.4 Å². The van der Waals surface area contributed by atoms with Crippen LogP contribution in [0.5, 0.6) is 0 Å². The van der Waals surface area contributed by atoms with Crippen molar-refractivity contribution in [3.63, 3.8) is 0 Å². The monoisotopic (exact) mass is 243 g/mol. The lowest BCUT2D eigenvalue weighted by molar-refractivity contribution is 0.311. The second-order valence-corrected chi connectivity index (χ2v) is 5.32. The number of anilines is 1. The number of piperazine rings is 1. The van der Waals surface area contributed by atoms with Crippen LogP contribution >= 0.6 is 0 Å². The predicted molar refractivity (Wildman–Crippen MR) is 77.4 cm³/mol. The van der Waals surface area contributed by atoms with Crippen molar-refractivity contribution in [1.29, 1.82) is 0 Å². The number of aromatic nitrogens is 1. The third-order valence-electron chi connectivity index (χ3n) is 4.13. The van der Waals surface area contributed by atoms with E-state index in [0.717, 1.165) is 26.2 Å². The molecular formula is C15H21N3. The Kier molecular flexibility index (Phi) is 2.78. The van der Waals surface area contributed by atoms with Gasteiger partial charge in [-0.25, -0.2) is 0 Å². The maximum atomic E-state index is 2.52. The summed E-state index contributed by atoms with van der Waals surface area (Å²) in [5, 5.41) is 1.38. The van der Waals surface area contributed by atoms with E-state index in [1.165, 1.54) is 22.3 Å². The Morgan fingerprint density at radius 1 is 0.944 bits per heavy atom. The van der Waals surface area contributed by atoms with Gasteiger partial charge in [-0.3, -0.25) is 0 Å². The number of fused-ring (bicyclic) bond motifs is 1. The quantitative estimate of drug-likeness (QED) is 0.761. The number of rotatable bonds is 1. The van der Waals surface area contributed by atoms with Crippen molar-refractivity contribution in [3.8, 4) is 0 Å². The number of hydrogen-bond donors (Lipinski definition) is 0. The van der Waals surface area contributed by atoms with Crippen LogP contribution in [0.25, 0.3) is 10.9 Å². The standard InChI is InChI=1S/C15H21N3/c1-12-13-6-4-5-7-14(13)17(3)15(12)18-10-8-16(2)9-11-18/h4-7H,8-11H2,1-3H3. The summed E-state index contributed by atoms with van der Waals surface area (Å²) in [6.45, 7) is 6.81. The Morgan fingerprint density at radius 3 is 2.28 bits per heavy atom. The highest BCUT2D eigenvalue weighted by Gasteiger charge is 2.20. The lowest BCUT2D eigenvalue weighted by atomic mass is 10.2. The molecule has 0 bridgehead atoms. The largest absolute Gasteiger partial charge is 0.355 e. The SMILES string of the molecule is Cc1c(N2CCN(C)CC2)n(C)c2ccccc12. The zero-order valence-corrected chi connectivity index (χ0v) is 11.5. The molecule has 0 amide bonds. The molecule has 18 heavy (non-hydrogen) atoms. The fraction of sp³-hybridized carbons (Fsp3) is 0.467. The molecule has 96 valence electrons. The van der Waals surface area contributed by atoms with Crippen molar-refractivity contribution in [1.82, 2.24) is 9.47 Å². The molecule has 3 rings (SSSR count). The third-order valence-corrected chi connectivity index (χ3v) is 4.13. The molecule has 1 aliphatic heterocycles. The maximum absolute atomic E-state index is 2.52. The van der Waals surface area contributed by atoms with Crippen LogP contribution in [0.4, 0.5) is 5.82 Å². The summed E-state index contributed by atoms with van der Waals surface area (Å²) in [4.78, 5) is 4.92. The molecule has 0 saturated carbocycles. The summed E-state index contributed by atoms with van der Waals surface area (Å²) < 4.78 is 2.34. The fourth-order valence-corrected chi connectivity index (χ4v) is 3.04. The van der Waals surface area contributed by atoms with Gasteiger partial charge in [0.25, 0.3) is 0 Å². The number of nitrogens with zero attached hydrogens (tertiary/aromatic N) is 3. The van der Waals surface area contributed by atoms with Crippen LogP contribution in [0.15, 0.2) is 24.3 Å². The van der Waals surface area contributed by atoms with E-state index < -0.39 is 0 Å². The molecule has 3 nitrogen and oxygen atoms in total. The van der Waals surface area contributed by atoms with Gasteiger partial charge in [0.05, 0.1) is 0 Å². The van der Waals surface area contributed by atoms with Crippen LogP contribution in [0, 0.1) is 6.92 Å². The first-order chi connectivity index (χ1) is 8.68. The van der Waals surface area contributed by atoms with Gasteiger partial charge >= 0.3 is 0 Å². The second kappa shape index (κ2) is 4.32. The summed E-state index contributed by atoms with van der Waals surface area (Å²) in [7, 11) is 4.38. The van der Waals surface area contributed by atoms with E-state index in [1.54, 1.807) is 0 Å². The molecule has 2 aromatic rings. The van der Waals surface area contributed by atoms with Crippen LogP contribution in [0.1, 0.15) is 5.56 Å². The van der Waals surface area contributed by atoms with Crippen LogP contribution in [0.3, 0.4) is 0 Å². The van der Waals surface area contributed by atoms with Crippen molar-refractivity contribution in [2.45, 2.75) is 6.92 Å². The normalized spacial score (nSPS) is 17.6. The van der Waals surface area contributed by atoms with Crippen molar-refractivity contribution in [2.75, 3.05) is 38.1 Å². The maximum Gasteiger partial charge on any atom is 0.112 e. The molecule has 0 spiro atoms. The van der Waals surface area contributed by atoms with E-state index >= 15 is 0 Å². The molecule has 1 aromatic carbocycles. The highest BCUT2D eigenvalue weighted by atomic mass is 15.3. The molecule has 0 N–H and O–H groups in total. The van der Waals surface area contributed by atoms with E-state index in [4.69, 9.17) is 0 Å². The molecule has 2 heterocycles. The lowest BCUT2D eigenvalue weighted by Gasteiger charge is -2.34. The van der Waals surface area contributed by atoms with Crippen LogP contribution in [0.2, 0.25) is 0 Å². The summed E-state index contributed by atoms with van der Waals surface area (Å²) in [6, 6.07) is 8.69. The number of hydrogen-bond acceptors (Lipinski definition) is 2. The van der Waals surface area contributed by atoms with Gasteiger partial charge in [-0.2, -0.15) is 0 Å². The molecule has 0 atom stereocenters. The Bertz CT molecular complexity index is 523. The average molecular weight is 243 g/mol. The van der Waals surface area contributed by atoms with Crippen LogP contribution in [-0.2, 0) is 7.05 Å². The minimum atomic E-state index is 1.13. The van der Waals surface area contributed by atoms with Crippen molar-refractivity contribution >= 4 is 16.7 Å². The van der Waals surface area contributed by atoms with E-state index in [2.05, 4.69) is 59.7 Å². The van der Waals surface area contributed by atoms with Gasteiger partial charge in [0.1, 0.15) is 5.82 Å². The van der Waals surface area contributed by atoms with Gasteiger partial charge in [0.2, 0.25) is 0 Å². The first kappa shape index (κ1) is 11.6. The summed E-state index contributed by atoms with van der Waals surface area (Å²) in [5.74, 6) is 1.39. The predicted octanol–water partition coefficient (Wildman–Crippen LogP) is 2.24. The molecule has 0 unspecified atom stereocenters. The van der Waals surface area contributed by atoms with Crippen LogP contribution in [-0.4, -0.2) is 42.7 Å². The topological polar surface area (TPSA) is 11.4 Å². The summed E-state index contributed by atoms with van der Waals surface area (Å²) in [6.07, 6.45) is 0. The van der Waals surface area contributed by atoms with Gasteiger partial charge in [0.15, 0.2) is 0 Å². The lowest BCUT2D eigenvalue weighted by Crippen LogP contribution is -2.45. The highest BCUT2D eigenvalue weighted by Crippen LogP contribution is 2.31. The fourth-order valence-electron chi connectivity index (χ4n) is 3.04. The van der Waals surface area contributed by atoms with Crippen molar-refractivity contribution < 1.29 is 0 Å². The molecule has 1 saturated heterocycles. The van der Waals surface area contributed by atoms with E-state index in [9.17, 15) is 0 Å². The smallest absolute Gasteiger partial charge is 0.112 e. The molecular weight excluding hydrogens is 222 g/mol. The molecule has 0 aliphatic carbocycles. The molecule has 0 radical (unpaired) electrons. The summed E-state index contributed by atoms with van der Waals surface area (Å²) >= 11 is 0. The van der Waals surface area contributed by atoms with Crippen molar-refractivity contribution in [2.24, 2.45) is 7.05 Å². The zero-order valence-electron chi connectivity index (χ0n) is 11.5. The summed E-state index contributed by atoms with van der Waals surface area (Å²) in [5.41, 5.74) is 2.75. The number of aryl methyl sites for hydroxylation is 2. The van der Waals surface area contributed by atoms with E-state index in [0.29, 0.717) is 0 Å². The molecule has 1 aliphatic rings. The Hall–Kier alpha value is -1.48. The number of benzene rings is 1. The minimum Gasteiger partial charge on any atom is -0.355 e. The number of para-hydroxylation sites is 1. The van der Waals surface area contributed by atoms with Gasteiger partial charge in [0, 0.05) is 44.1 Å². The first-order valence-corrected chi connectivity index (χ1v) is 6.66. The Labute approximate surface area is 109 Å². The molecule has 3 heteroatoms. The molecule has 1 fully saturated rings.